The van der Waals surface area contributed by atoms with Crippen LogP contribution < -0.4 is 11.1 Å². The Morgan fingerprint density at radius 2 is 2.13 bits per heavy atom. The topological polar surface area (TPSA) is 107 Å². The summed E-state index contributed by atoms with van der Waals surface area (Å²) in [6.07, 6.45) is 4.15. The van der Waals surface area contributed by atoms with Gasteiger partial charge in [-0.15, -0.1) is 0 Å². The molecule has 8 nitrogen and oxygen atoms in total. The van der Waals surface area contributed by atoms with E-state index in [1.807, 2.05) is 0 Å². The van der Waals surface area contributed by atoms with E-state index in [-0.39, 0.29) is 29.2 Å². The maximum absolute atomic E-state index is 11.9. The van der Waals surface area contributed by atoms with Crippen LogP contribution >= 0.6 is 0 Å². The van der Waals surface area contributed by atoms with Crippen LogP contribution in [-0.2, 0) is 11.3 Å². The Labute approximate surface area is 132 Å². The minimum atomic E-state index is -0.707. The molecule has 0 aliphatic heterocycles. The van der Waals surface area contributed by atoms with Gasteiger partial charge in [0.1, 0.15) is 6.54 Å². The maximum atomic E-state index is 11.9. The highest BCUT2D eigenvalue weighted by atomic mass is 16.6. The number of rotatable bonds is 8. The second-order valence-electron chi connectivity index (χ2n) is 5.27. The zero-order valence-corrected chi connectivity index (χ0v) is 12.9. The number of hydrogen-bond acceptors (Lipinski definition) is 5. The fourth-order valence-corrected chi connectivity index (χ4v) is 2.29. The largest absolute Gasteiger partial charge is 0.420 e. The van der Waals surface area contributed by atoms with Gasteiger partial charge in [-0.3, -0.25) is 19.5 Å². The van der Waals surface area contributed by atoms with Gasteiger partial charge in [-0.25, -0.2) is 4.79 Å². The van der Waals surface area contributed by atoms with Gasteiger partial charge in [-0.1, -0.05) is 26.2 Å². The molecular weight excluding hydrogens is 302 g/mol. The lowest BCUT2D eigenvalue weighted by atomic mass is 10.2. The number of non-ortho nitro benzene ring substituents is 1. The van der Waals surface area contributed by atoms with Crippen molar-refractivity contribution in [2.24, 2.45) is 0 Å². The highest BCUT2D eigenvalue weighted by molar-refractivity contribution is 5.80. The highest BCUT2D eigenvalue weighted by Crippen LogP contribution is 2.19. The summed E-state index contributed by atoms with van der Waals surface area (Å²) in [4.78, 5) is 34.0. The molecule has 0 radical (unpaired) electrons. The van der Waals surface area contributed by atoms with E-state index in [1.165, 1.54) is 18.2 Å². The standard InChI is InChI=1S/C15H19N3O5/c1-2-3-4-5-8-16-14(19)10-17-12-9-11(18(21)22)6-7-13(12)23-15(17)20/h6-7,9H,2-5,8,10H2,1H3,(H,16,19). The Balaban J connectivity index is 2.08. The molecule has 2 aromatic rings. The number of amides is 1. The first-order valence-electron chi connectivity index (χ1n) is 7.57. The Hall–Kier alpha value is -2.64. The van der Waals surface area contributed by atoms with Crippen molar-refractivity contribution in [3.8, 4) is 0 Å². The molecule has 2 rings (SSSR count). The number of benzene rings is 1. The normalized spacial score (nSPS) is 10.8. The summed E-state index contributed by atoms with van der Waals surface area (Å²) in [5.41, 5.74) is 0.300. The molecular formula is C15H19N3O5. The third kappa shape index (κ3) is 4.18. The summed E-state index contributed by atoms with van der Waals surface area (Å²) in [6.45, 7) is 2.43. The second-order valence-corrected chi connectivity index (χ2v) is 5.27. The number of fused-ring (bicyclic) bond motifs is 1. The molecule has 1 heterocycles. The highest BCUT2D eigenvalue weighted by Gasteiger charge is 2.16. The van der Waals surface area contributed by atoms with Gasteiger partial charge < -0.3 is 9.73 Å². The molecule has 0 saturated carbocycles. The third-order valence-corrected chi connectivity index (χ3v) is 3.52. The molecule has 0 aliphatic carbocycles. The van der Waals surface area contributed by atoms with Gasteiger partial charge in [0.05, 0.1) is 10.4 Å². The SMILES string of the molecule is CCCCCCNC(=O)Cn1c(=O)oc2ccc([N+](=O)[O-])cc21. The number of unbranched alkanes of at least 4 members (excludes halogenated alkanes) is 3. The van der Waals surface area contributed by atoms with Crippen LogP contribution in [-0.4, -0.2) is 21.9 Å². The van der Waals surface area contributed by atoms with Gasteiger partial charge in [-0.2, -0.15) is 0 Å². The van der Waals surface area contributed by atoms with Crippen LogP contribution in [0.5, 0.6) is 0 Å². The number of hydrogen-bond donors (Lipinski definition) is 1. The van der Waals surface area contributed by atoms with E-state index in [9.17, 15) is 19.7 Å². The lowest BCUT2D eigenvalue weighted by Gasteiger charge is -2.05. The first-order chi connectivity index (χ1) is 11.0. The van der Waals surface area contributed by atoms with Crippen LogP contribution in [0, 0.1) is 10.1 Å². The quantitative estimate of drug-likeness (QED) is 0.455. The number of oxazole rings is 1. The van der Waals surface area contributed by atoms with E-state index >= 15 is 0 Å². The Bertz CT molecular complexity index is 762. The Morgan fingerprint density at radius 3 is 2.83 bits per heavy atom. The molecule has 8 heteroatoms. The number of nitro benzene ring substituents is 1. The van der Waals surface area contributed by atoms with E-state index in [4.69, 9.17) is 4.42 Å². The van der Waals surface area contributed by atoms with E-state index < -0.39 is 10.7 Å². The minimum Gasteiger partial charge on any atom is -0.408 e. The molecule has 0 unspecified atom stereocenters. The van der Waals surface area contributed by atoms with Crippen molar-refractivity contribution in [1.29, 1.82) is 0 Å². The molecule has 1 aromatic carbocycles. The van der Waals surface area contributed by atoms with Gasteiger partial charge in [0, 0.05) is 18.7 Å². The predicted octanol–water partition coefficient (Wildman–Crippen LogP) is 2.20. The van der Waals surface area contributed by atoms with Crippen molar-refractivity contribution >= 4 is 22.7 Å². The lowest BCUT2D eigenvalue weighted by Crippen LogP contribution is -2.31. The van der Waals surface area contributed by atoms with Crippen LogP contribution in [0.2, 0.25) is 0 Å². The smallest absolute Gasteiger partial charge is 0.408 e. The molecule has 0 bridgehead atoms. The molecule has 0 fully saturated rings. The molecule has 0 aliphatic rings. The average Bonchev–Trinajstić information content (AvgIpc) is 2.82. The van der Waals surface area contributed by atoms with Crippen LogP contribution in [0.25, 0.3) is 11.1 Å². The van der Waals surface area contributed by atoms with Crippen molar-refractivity contribution in [3.63, 3.8) is 0 Å². The zero-order valence-electron chi connectivity index (χ0n) is 12.9. The average molecular weight is 321 g/mol. The van der Waals surface area contributed by atoms with Gasteiger partial charge in [-0.05, 0) is 12.5 Å². The summed E-state index contributed by atoms with van der Waals surface area (Å²) in [5, 5.41) is 13.6. The van der Waals surface area contributed by atoms with E-state index in [1.54, 1.807) is 0 Å². The number of nitro groups is 1. The number of carbonyl (C=O) groups is 1. The first-order valence-corrected chi connectivity index (χ1v) is 7.57. The third-order valence-electron chi connectivity index (χ3n) is 3.52. The summed E-state index contributed by atoms with van der Waals surface area (Å²) in [7, 11) is 0. The summed E-state index contributed by atoms with van der Waals surface area (Å²) < 4.78 is 6.10. The summed E-state index contributed by atoms with van der Waals surface area (Å²) >= 11 is 0. The van der Waals surface area contributed by atoms with E-state index in [0.717, 1.165) is 30.3 Å². The van der Waals surface area contributed by atoms with Crippen molar-refractivity contribution < 1.29 is 14.1 Å². The van der Waals surface area contributed by atoms with Crippen molar-refractivity contribution in [3.05, 3.63) is 38.9 Å². The van der Waals surface area contributed by atoms with Crippen LogP contribution in [0.4, 0.5) is 5.69 Å². The predicted molar refractivity (Wildman–Crippen MR) is 84.3 cm³/mol. The molecule has 23 heavy (non-hydrogen) atoms. The van der Waals surface area contributed by atoms with Crippen molar-refractivity contribution in [1.82, 2.24) is 9.88 Å². The van der Waals surface area contributed by atoms with E-state index in [2.05, 4.69) is 12.2 Å². The fourth-order valence-electron chi connectivity index (χ4n) is 2.29. The number of aromatic nitrogens is 1. The van der Waals surface area contributed by atoms with Gasteiger partial charge >= 0.3 is 5.76 Å². The van der Waals surface area contributed by atoms with Gasteiger partial charge in [0.25, 0.3) is 5.69 Å². The Morgan fingerprint density at radius 1 is 1.35 bits per heavy atom. The number of carbonyl (C=O) groups excluding carboxylic acids is 1. The number of nitrogens with zero attached hydrogens (tertiary/aromatic N) is 2. The Kier molecular flexibility index (Phi) is 5.51. The van der Waals surface area contributed by atoms with Crippen molar-refractivity contribution in [2.45, 2.75) is 39.2 Å². The second kappa shape index (κ2) is 7.57. The monoisotopic (exact) mass is 321 g/mol. The summed E-state index contributed by atoms with van der Waals surface area (Å²) in [6, 6.07) is 3.84. The van der Waals surface area contributed by atoms with Crippen LogP contribution in [0.1, 0.15) is 32.6 Å². The minimum absolute atomic E-state index is 0.160. The maximum Gasteiger partial charge on any atom is 0.420 e. The number of nitrogens with one attached hydrogen (secondary N) is 1. The fraction of sp³-hybridized carbons (Fsp3) is 0.467. The van der Waals surface area contributed by atoms with Crippen LogP contribution in [0.15, 0.2) is 27.4 Å². The molecule has 1 aromatic heterocycles. The molecule has 0 saturated heterocycles. The van der Waals surface area contributed by atoms with Gasteiger partial charge in [0.2, 0.25) is 5.91 Å². The molecule has 124 valence electrons. The van der Waals surface area contributed by atoms with E-state index in [0.29, 0.717) is 6.54 Å². The summed E-state index contributed by atoms with van der Waals surface area (Å²) in [5.74, 6) is -1.03. The van der Waals surface area contributed by atoms with Crippen molar-refractivity contribution in [2.75, 3.05) is 6.54 Å². The van der Waals surface area contributed by atoms with Crippen LogP contribution in [0.3, 0.4) is 0 Å². The zero-order chi connectivity index (χ0) is 16.8. The lowest BCUT2D eigenvalue weighted by molar-refractivity contribution is -0.384. The molecule has 1 N–H and O–H groups in total. The molecule has 1 amide bonds. The first kappa shape index (κ1) is 16.7. The molecule has 0 atom stereocenters. The molecule has 0 spiro atoms. The van der Waals surface area contributed by atoms with Gasteiger partial charge in [0.15, 0.2) is 5.58 Å².